The van der Waals surface area contributed by atoms with Crippen LogP contribution in [0.4, 0.5) is 11.7 Å². The number of fused-ring (bicyclic) bond motifs is 1. The first-order chi connectivity index (χ1) is 18.5. The molecule has 3 aromatic heterocycles. The van der Waals surface area contributed by atoms with E-state index in [0.29, 0.717) is 42.9 Å². The highest BCUT2D eigenvalue weighted by atomic mass is 35.5. The number of morpholine rings is 1. The first-order valence-electron chi connectivity index (χ1n) is 12.4. The van der Waals surface area contributed by atoms with E-state index in [4.69, 9.17) is 25.7 Å². The number of H-pyrrole nitrogens is 1. The van der Waals surface area contributed by atoms with Crippen LogP contribution in [0.25, 0.3) is 17.5 Å². The zero-order valence-electron chi connectivity index (χ0n) is 21.0. The van der Waals surface area contributed by atoms with Crippen LogP contribution in [0.5, 0.6) is 0 Å². The minimum Gasteiger partial charge on any atom is -0.403 e. The van der Waals surface area contributed by atoms with Crippen molar-refractivity contribution in [1.82, 2.24) is 29.9 Å². The van der Waals surface area contributed by atoms with Gasteiger partial charge in [0.25, 0.3) is 5.89 Å². The molecule has 2 aliphatic heterocycles. The van der Waals surface area contributed by atoms with Crippen LogP contribution in [0, 0.1) is 0 Å². The highest BCUT2D eigenvalue weighted by Crippen LogP contribution is 2.32. The molecule has 12 heteroatoms. The van der Waals surface area contributed by atoms with Gasteiger partial charge in [-0.3, -0.25) is 19.4 Å². The average molecular weight is 535 g/mol. The van der Waals surface area contributed by atoms with Crippen molar-refractivity contribution in [3.8, 4) is 11.5 Å². The number of anilines is 2. The lowest BCUT2D eigenvalue weighted by Gasteiger charge is -2.29. The minimum absolute atomic E-state index is 0.00132. The van der Waals surface area contributed by atoms with E-state index in [9.17, 15) is 4.79 Å². The maximum atomic E-state index is 13.2. The molecular weight excluding hydrogens is 508 g/mol. The zero-order chi connectivity index (χ0) is 26.2. The topological polar surface area (TPSA) is 118 Å². The summed E-state index contributed by atoms with van der Waals surface area (Å²) in [4.78, 5) is 24.7. The van der Waals surface area contributed by atoms with Crippen LogP contribution in [-0.4, -0.2) is 74.7 Å². The Hall–Kier alpha value is -3.96. The molecule has 5 heterocycles. The molecule has 2 aliphatic rings. The largest absolute Gasteiger partial charge is 0.403 e. The molecule has 2 atom stereocenters. The van der Waals surface area contributed by atoms with Crippen LogP contribution in [-0.2, 0) is 16.6 Å². The summed E-state index contributed by atoms with van der Waals surface area (Å²) in [5.41, 5.74) is 3.19. The summed E-state index contributed by atoms with van der Waals surface area (Å²) >= 11 is 6.52. The van der Waals surface area contributed by atoms with Gasteiger partial charge in [-0.05, 0) is 24.6 Å². The molecule has 0 aliphatic carbocycles. The fourth-order valence-electron chi connectivity index (χ4n) is 4.87. The van der Waals surface area contributed by atoms with E-state index in [2.05, 4.69) is 33.3 Å². The van der Waals surface area contributed by atoms with Crippen molar-refractivity contribution in [3.05, 3.63) is 64.1 Å². The maximum Gasteiger partial charge on any atom is 0.323 e. The molecule has 0 spiro atoms. The Kier molecular flexibility index (Phi) is 6.46. The fourth-order valence-corrected chi connectivity index (χ4v) is 5.11. The lowest BCUT2D eigenvalue weighted by atomic mass is 9.92. The third-order valence-corrected chi connectivity index (χ3v) is 7.20. The summed E-state index contributed by atoms with van der Waals surface area (Å²) in [6, 6.07) is 7.48. The number of carbonyl (C=O) groups excluding carboxylic acids is 1. The third kappa shape index (κ3) is 4.59. The second-order valence-corrected chi connectivity index (χ2v) is 9.80. The fraction of sp³-hybridized carbons (Fsp3) is 0.346. The number of amides is 1. The van der Waals surface area contributed by atoms with E-state index in [-0.39, 0.29) is 30.4 Å². The molecule has 1 saturated heterocycles. The molecule has 2 unspecified atom stereocenters. The molecule has 4 aromatic rings. The second-order valence-electron chi connectivity index (χ2n) is 9.39. The van der Waals surface area contributed by atoms with Gasteiger partial charge in [-0.25, -0.2) is 0 Å². The second kappa shape index (κ2) is 10.1. The first-order valence-corrected chi connectivity index (χ1v) is 12.8. The van der Waals surface area contributed by atoms with Crippen molar-refractivity contribution in [2.45, 2.75) is 18.9 Å². The first kappa shape index (κ1) is 24.4. The van der Waals surface area contributed by atoms with Crippen LogP contribution >= 0.6 is 11.6 Å². The Labute approximate surface area is 223 Å². The Morgan fingerprint density at radius 1 is 1.24 bits per heavy atom. The van der Waals surface area contributed by atoms with Gasteiger partial charge < -0.3 is 19.0 Å². The molecule has 0 saturated carbocycles. The van der Waals surface area contributed by atoms with E-state index in [1.54, 1.807) is 20.5 Å². The van der Waals surface area contributed by atoms with Gasteiger partial charge in [0.2, 0.25) is 5.91 Å². The molecule has 0 bridgehead atoms. The van der Waals surface area contributed by atoms with Crippen LogP contribution in [0.2, 0.25) is 5.02 Å². The highest BCUT2D eigenvalue weighted by molar-refractivity contribution is 6.33. The van der Waals surface area contributed by atoms with Gasteiger partial charge in [0.15, 0.2) is 0 Å². The normalized spacial score (nSPS) is 19.0. The number of benzene rings is 1. The molecule has 196 valence electrons. The predicted octanol–water partition coefficient (Wildman–Crippen LogP) is 2.03. The monoisotopic (exact) mass is 534 g/mol. The summed E-state index contributed by atoms with van der Waals surface area (Å²) in [6.45, 7) is 4.18. The molecule has 1 fully saturated rings. The number of aromatic nitrogens is 5. The lowest BCUT2D eigenvalue weighted by Crippen LogP contribution is -2.45. The molecule has 0 radical (unpaired) electrons. The number of halogens is 1. The van der Waals surface area contributed by atoms with E-state index in [1.165, 1.54) is 0 Å². The molecule has 11 nitrogen and oxygen atoms in total. The number of hydrogen-bond donors (Lipinski definition) is 1. The van der Waals surface area contributed by atoms with Gasteiger partial charge in [0, 0.05) is 43.7 Å². The molecule has 1 N–H and O–H groups in total. The smallest absolute Gasteiger partial charge is 0.323 e. The van der Waals surface area contributed by atoms with Crippen molar-refractivity contribution in [3.63, 3.8) is 0 Å². The third-order valence-electron chi connectivity index (χ3n) is 6.88. The van der Waals surface area contributed by atoms with E-state index in [1.807, 2.05) is 43.8 Å². The van der Waals surface area contributed by atoms with Gasteiger partial charge in [-0.1, -0.05) is 34.9 Å². The van der Waals surface area contributed by atoms with Gasteiger partial charge in [-0.15, -0.1) is 5.10 Å². The number of aryl methyl sites for hydroxylation is 1. The van der Waals surface area contributed by atoms with Crippen molar-refractivity contribution in [1.29, 1.82) is 0 Å². The Morgan fingerprint density at radius 3 is 2.82 bits per heavy atom. The summed E-state index contributed by atoms with van der Waals surface area (Å²) in [7, 11) is 1.90. The van der Waals surface area contributed by atoms with E-state index >= 15 is 0 Å². The van der Waals surface area contributed by atoms with Gasteiger partial charge >= 0.3 is 6.01 Å². The quantitative estimate of drug-likeness (QED) is 0.402. The Balaban J connectivity index is 1.36. The van der Waals surface area contributed by atoms with Crippen LogP contribution < -0.4 is 15.6 Å². The van der Waals surface area contributed by atoms with Crippen LogP contribution in [0.1, 0.15) is 18.4 Å². The zero-order valence-corrected chi connectivity index (χ0v) is 21.8. The predicted molar refractivity (Wildman–Crippen MR) is 141 cm³/mol. The number of ether oxygens (including phenoxy) is 1. The Bertz CT molecular complexity index is 1590. The van der Waals surface area contributed by atoms with Gasteiger partial charge in [0.05, 0.1) is 41.7 Å². The lowest BCUT2D eigenvalue weighted by molar-refractivity contribution is -0.133. The van der Waals surface area contributed by atoms with E-state index < -0.39 is 0 Å². The van der Waals surface area contributed by atoms with E-state index in [0.717, 1.165) is 21.8 Å². The molecular formula is C26H27ClN8O3. The van der Waals surface area contributed by atoms with Crippen molar-refractivity contribution in [2.24, 2.45) is 12.0 Å². The SMILES string of the molecule is CC1N=c2[nH]cc(-c3nnc(N(CC(=O)N4CCOCC4)c4ccccc4Cl)o3)c2=CC1c1cnn(C)c1. The summed E-state index contributed by atoms with van der Waals surface area (Å²) < 4.78 is 13.4. The molecule has 1 amide bonds. The number of hydrogen-bond acceptors (Lipinski definition) is 8. The summed E-state index contributed by atoms with van der Waals surface area (Å²) in [5, 5.41) is 14.3. The highest BCUT2D eigenvalue weighted by Gasteiger charge is 2.27. The maximum absolute atomic E-state index is 13.2. The number of para-hydroxylation sites is 1. The summed E-state index contributed by atoms with van der Waals surface area (Å²) in [6.07, 6.45) is 7.84. The number of rotatable bonds is 6. The van der Waals surface area contributed by atoms with Crippen LogP contribution in [0.3, 0.4) is 0 Å². The number of aromatic amines is 1. The minimum atomic E-state index is -0.0765. The molecule has 38 heavy (non-hydrogen) atoms. The number of nitrogens with zero attached hydrogens (tertiary/aromatic N) is 7. The van der Waals surface area contributed by atoms with Crippen molar-refractivity contribution >= 4 is 35.3 Å². The van der Waals surface area contributed by atoms with Crippen molar-refractivity contribution < 1.29 is 13.9 Å². The standard InChI is InChI=1S/C26H27ClN8O3/c1-16-18(17-12-29-33(2)14-17)11-19-20(13-28-24(19)30-16)25-31-32-26(38-25)35(22-6-4-3-5-21(22)27)15-23(36)34-7-9-37-10-8-34/h3-6,11-14,16,18H,7-10,15H2,1-2H3,(H,28,30). The number of carbonyl (C=O) groups is 1. The average Bonchev–Trinajstić information content (AvgIpc) is 3.67. The molecule has 1 aromatic carbocycles. The van der Waals surface area contributed by atoms with Gasteiger partial charge in [0.1, 0.15) is 12.0 Å². The summed E-state index contributed by atoms with van der Waals surface area (Å²) in [5.74, 6) is 0.297. The Morgan fingerprint density at radius 2 is 2.05 bits per heavy atom. The molecule has 6 rings (SSSR count). The number of nitrogens with one attached hydrogen (secondary N) is 1. The van der Waals surface area contributed by atoms with Crippen molar-refractivity contribution in [2.75, 3.05) is 37.7 Å². The van der Waals surface area contributed by atoms with Gasteiger partial charge in [-0.2, -0.15) is 5.10 Å². The van der Waals surface area contributed by atoms with Crippen LogP contribution in [0.15, 0.2) is 52.3 Å².